The Kier molecular flexibility index (Phi) is 3.12. The first-order valence-electron chi connectivity index (χ1n) is 2.89. The Morgan fingerprint density at radius 2 is 2.27 bits per heavy atom. The van der Waals surface area contributed by atoms with Crippen molar-refractivity contribution in [3.63, 3.8) is 0 Å². The van der Waals surface area contributed by atoms with Gasteiger partial charge in [0.1, 0.15) is 5.15 Å². The summed E-state index contributed by atoms with van der Waals surface area (Å²) in [5.41, 5.74) is 0. The Hall–Kier alpha value is 0.160. The van der Waals surface area contributed by atoms with Crippen molar-refractivity contribution in [3.05, 3.63) is 21.0 Å². The number of alkyl halides is 2. The zero-order chi connectivity index (χ0) is 8.43. The lowest BCUT2D eigenvalue weighted by atomic mass is 10.6. The van der Waals surface area contributed by atoms with Crippen molar-refractivity contribution in [1.82, 2.24) is 4.57 Å². The Balaban J connectivity index is 2.77. The van der Waals surface area contributed by atoms with Crippen molar-refractivity contribution < 1.29 is 8.78 Å². The van der Waals surface area contributed by atoms with E-state index in [0.29, 0.717) is 5.15 Å². The molecule has 0 unspecified atom stereocenters. The number of rotatable bonds is 2. The molecule has 0 aromatic carbocycles. The number of hydrogen-bond acceptors (Lipinski definition) is 0. The monoisotopic (exact) mass is 291 g/mol. The lowest BCUT2D eigenvalue weighted by Gasteiger charge is -2.01. The van der Waals surface area contributed by atoms with Crippen LogP contribution in [-0.4, -0.2) is 11.0 Å². The van der Waals surface area contributed by atoms with Gasteiger partial charge < -0.3 is 4.57 Å². The smallest absolute Gasteiger partial charge is 0.256 e. The molecule has 0 saturated heterocycles. The van der Waals surface area contributed by atoms with Crippen LogP contribution in [0, 0.1) is 3.57 Å². The molecule has 1 rings (SSSR count). The van der Waals surface area contributed by atoms with E-state index < -0.39 is 6.43 Å². The van der Waals surface area contributed by atoms with Crippen LogP contribution in [0.15, 0.2) is 12.3 Å². The van der Waals surface area contributed by atoms with Crippen molar-refractivity contribution in [3.8, 4) is 0 Å². The summed E-state index contributed by atoms with van der Waals surface area (Å²) in [6.45, 7) is -0.332. The van der Waals surface area contributed by atoms with E-state index in [2.05, 4.69) is 0 Å². The quantitative estimate of drug-likeness (QED) is 0.738. The molecule has 0 aliphatic heterocycles. The van der Waals surface area contributed by atoms with Gasteiger partial charge in [-0.25, -0.2) is 8.78 Å². The molecular formula is C6H5ClF2IN. The van der Waals surface area contributed by atoms with Crippen LogP contribution >= 0.6 is 34.2 Å². The molecule has 0 bridgehead atoms. The molecule has 5 heteroatoms. The van der Waals surface area contributed by atoms with Gasteiger partial charge in [-0.3, -0.25) is 0 Å². The zero-order valence-corrected chi connectivity index (χ0v) is 8.31. The van der Waals surface area contributed by atoms with Crippen molar-refractivity contribution in [2.75, 3.05) is 0 Å². The molecule has 0 aliphatic carbocycles. The number of hydrogen-bond donors (Lipinski definition) is 0. The van der Waals surface area contributed by atoms with Crippen LogP contribution in [0.1, 0.15) is 0 Å². The zero-order valence-electron chi connectivity index (χ0n) is 5.40. The van der Waals surface area contributed by atoms with Gasteiger partial charge in [0, 0.05) is 9.77 Å². The van der Waals surface area contributed by atoms with Gasteiger partial charge in [-0.2, -0.15) is 0 Å². The minimum atomic E-state index is -2.35. The van der Waals surface area contributed by atoms with E-state index in [1.54, 1.807) is 12.3 Å². The lowest BCUT2D eigenvalue weighted by molar-refractivity contribution is 0.127. The Morgan fingerprint density at radius 1 is 1.64 bits per heavy atom. The fraction of sp³-hybridized carbons (Fsp3) is 0.333. The molecule has 0 radical (unpaired) electrons. The first kappa shape index (κ1) is 9.25. The SMILES string of the molecule is FC(F)Cn1cc(I)cc1Cl. The van der Waals surface area contributed by atoms with Crippen LogP contribution < -0.4 is 0 Å². The van der Waals surface area contributed by atoms with E-state index in [1.165, 1.54) is 4.57 Å². The first-order valence-corrected chi connectivity index (χ1v) is 4.34. The van der Waals surface area contributed by atoms with E-state index in [1.807, 2.05) is 22.6 Å². The Morgan fingerprint density at radius 3 is 2.64 bits per heavy atom. The van der Waals surface area contributed by atoms with Crippen molar-refractivity contribution in [2.24, 2.45) is 0 Å². The molecule has 0 atom stereocenters. The lowest BCUT2D eigenvalue weighted by Crippen LogP contribution is -2.04. The molecule has 0 spiro atoms. The molecule has 1 heterocycles. The first-order chi connectivity index (χ1) is 5.09. The van der Waals surface area contributed by atoms with Gasteiger partial charge in [0.2, 0.25) is 0 Å². The molecule has 0 amide bonds. The fourth-order valence-electron chi connectivity index (χ4n) is 0.733. The summed E-state index contributed by atoms with van der Waals surface area (Å²) in [6, 6.07) is 1.64. The van der Waals surface area contributed by atoms with E-state index in [-0.39, 0.29) is 6.54 Å². The maximum atomic E-state index is 11.8. The second kappa shape index (κ2) is 3.71. The maximum absolute atomic E-state index is 11.8. The molecule has 1 aromatic heterocycles. The summed E-state index contributed by atoms with van der Waals surface area (Å²) in [7, 11) is 0. The van der Waals surface area contributed by atoms with Gasteiger partial charge in [0.25, 0.3) is 6.43 Å². The highest BCUT2D eigenvalue weighted by Crippen LogP contribution is 2.17. The standard InChI is InChI=1S/C6H5ClF2IN/c7-5-1-4(10)2-11(5)3-6(8)9/h1-2,6H,3H2. The second-order valence-corrected chi connectivity index (χ2v) is 3.66. The van der Waals surface area contributed by atoms with Gasteiger partial charge >= 0.3 is 0 Å². The second-order valence-electron chi connectivity index (χ2n) is 2.02. The van der Waals surface area contributed by atoms with E-state index in [9.17, 15) is 8.78 Å². The van der Waals surface area contributed by atoms with E-state index >= 15 is 0 Å². The van der Waals surface area contributed by atoms with Crippen LogP contribution in [0.2, 0.25) is 5.15 Å². The fourth-order valence-corrected chi connectivity index (χ4v) is 1.78. The van der Waals surface area contributed by atoms with E-state index in [4.69, 9.17) is 11.6 Å². The van der Waals surface area contributed by atoms with Gasteiger partial charge in [0.15, 0.2) is 0 Å². The van der Waals surface area contributed by atoms with Crippen LogP contribution in [0.5, 0.6) is 0 Å². The van der Waals surface area contributed by atoms with Gasteiger partial charge in [-0.1, -0.05) is 11.6 Å². The van der Waals surface area contributed by atoms with Crippen LogP contribution in [0.3, 0.4) is 0 Å². The number of aromatic nitrogens is 1. The van der Waals surface area contributed by atoms with Gasteiger partial charge in [-0.05, 0) is 28.7 Å². The average Bonchev–Trinajstić information content (AvgIpc) is 2.09. The minimum Gasteiger partial charge on any atom is -0.332 e. The summed E-state index contributed by atoms with van der Waals surface area (Å²) >= 11 is 7.64. The molecule has 0 saturated carbocycles. The highest BCUT2D eigenvalue weighted by molar-refractivity contribution is 14.1. The highest BCUT2D eigenvalue weighted by atomic mass is 127. The summed E-state index contributed by atoms with van der Waals surface area (Å²) in [4.78, 5) is 0. The topological polar surface area (TPSA) is 4.93 Å². The molecule has 62 valence electrons. The Bertz CT molecular complexity index is 249. The molecule has 1 aromatic rings. The Labute approximate surface area is 81.5 Å². The third-order valence-electron chi connectivity index (χ3n) is 1.15. The minimum absolute atomic E-state index is 0.332. The normalized spacial score (nSPS) is 11.0. The molecule has 0 aliphatic rings. The summed E-state index contributed by atoms with van der Waals surface area (Å²) < 4.78 is 25.9. The third kappa shape index (κ3) is 2.59. The summed E-state index contributed by atoms with van der Waals surface area (Å²) in [5, 5.41) is 0.356. The van der Waals surface area contributed by atoms with Crippen LogP contribution in [0.25, 0.3) is 0 Å². The van der Waals surface area contributed by atoms with Crippen molar-refractivity contribution >= 4 is 34.2 Å². The molecule has 0 fully saturated rings. The highest BCUT2D eigenvalue weighted by Gasteiger charge is 2.07. The third-order valence-corrected chi connectivity index (χ3v) is 2.06. The van der Waals surface area contributed by atoms with Crippen LogP contribution in [0.4, 0.5) is 8.78 Å². The molecular weight excluding hydrogens is 286 g/mol. The van der Waals surface area contributed by atoms with Gasteiger partial charge in [-0.15, -0.1) is 0 Å². The van der Waals surface area contributed by atoms with E-state index in [0.717, 1.165) is 3.57 Å². The van der Waals surface area contributed by atoms with Crippen molar-refractivity contribution in [1.29, 1.82) is 0 Å². The van der Waals surface area contributed by atoms with Crippen molar-refractivity contribution in [2.45, 2.75) is 13.0 Å². The maximum Gasteiger partial charge on any atom is 0.256 e. The number of nitrogens with zero attached hydrogens (tertiary/aromatic N) is 1. The predicted molar refractivity (Wildman–Crippen MR) is 48.2 cm³/mol. The molecule has 0 N–H and O–H groups in total. The molecule has 11 heavy (non-hydrogen) atoms. The van der Waals surface area contributed by atoms with Gasteiger partial charge in [0.05, 0.1) is 6.54 Å². The number of halogens is 4. The largest absolute Gasteiger partial charge is 0.332 e. The summed E-state index contributed by atoms with van der Waals surface area (Å²) in [6.07, 6.45) is -0.759. The predicted octanol–water partition coefficient (Wildman–Crippen LogP) is 3.01. The summed E-state index contributed by atoms with van der Waals surface area (Å²) in [5.74, 6) is 0. The average molecular weight is 291 g/mol. The molecule has 1 nitrogen and oxygen atoms in total. The van der Waals surface area contributed by atoms with Crippen LogP contribution in [-0.2, 0) is 6.54 Å².